The van der Waals surface area contributed by atoms with Gasteiger partial charge in [0.15, 0.2) is 23.0 Å². The largest absolute Gasteiger partial charge is 0.493 e. The molecule has 0 unspecified atom stereocenters. The second kappa shape index (κ2) is 10.5. The Morgan fingerprint density at radius 3 is 2.67 bits per heavy atom. The van der Waals surface area contributed by atoms with Crippen molar-refractivity contribution in [1.29, 1.82) is 0 Å². The van der Waals surface area contributed by atoms with Crippen molar-refractivity contribution in [2.45, 2.75) is 19.7 Å². The molecule has 0 spiro atoms. The Labute approximate surface area is 190 Å². The molecular formula is C22H22BrClN2O4. The Balaban J connectivity index is 0.00000256. The first-order valence-electron chi connectivity index (χ1n) is 9.20. The fraction of sp³-hybridized carbons (Fsp3) is 0.227. The van der Waals surface area contributed by atoms with E-state index in [-0.39, 0.29) is 19.2 Å². The van der Waals surface area contributed by atoms with E-state index < -0.39 is 0 Å². The predicted molar refractivity (Wildman–Crippen MR) is 120 cm³/mol. The Hall–Kier alpha value is -2.48. The molecular weight excluding hydrogens is 472 g/mol. The minimum Gasteiger partial charge on any atom is -0.493 e. The summed E-state index contributed by atoms with van der Waals surface area (Å²) in [5.41, 5.74) is 3.22. The third kappa shape index (κ3) is 5.36. The topological polar surface area (TPSA) is 61.8 Å². The average molecular weight is 494 g/mol. The number of methoxy groups -OCH3 is 1. The summed E-state index contributed by atoms with van der Waals surface area (Å²) < 4.78 is 23.1. The molecule has 1 aliphatic heterocycles. The van der Waals surface area contributed by atoms with Crippen LogP contribution >= 0.6 is 28.3 Å². The van der Waals surface area contributed by atoms with Crippen LogP contribution < -0.4 is 24.3 Å². The summed E-state index contributed by atoms with van der Waals surface area (Å²) in [6, 6.07) is 13.9. The van der Waals surface area contributed by atoms with Crippen molar-refractivity contribution >= 4 is 28.3 Å². The lowest BCUT2D eigenvalue weighted by Gasteiger charge is -2.15. The molecule has 0 fully saturated rings. The number of halogens is 2. The van der Waals surface area contributed by atoms with Gasteiger partial charge in [0.1, 0.15) is 6.61 Å². The van der Waals surface area contributed by atoms with Crippen LogP contribution in [0.2, 0.25) is 0 Å². The molecule has 1 aliphatic rings. The number of hydrogen-bond donors (Lipinski definition) is 1. The first-order valence-corrected chi connectivity index (χ1v) is 9.99. The van der Waals surface area contributed by atoms with Crippen LogP contribution in [-0.2, 0) is 19.7 Å². The van der Waals surface area contributed by atoms with E-state index in [1.165, 1.54) is 0 Å². The van der Waals surface area contributed by atoms with Crippen LogP contribution in [0.25, 0.3) is 0 Å². The molecule has 4 rings (SSSR count). The number of rotatable bonds is 8. The van der Waals surface area contributed by atoms with Crippen LogP contribution in [0.5, 0.6) is 23.0 Å². The first kappa shape index (κ1) is 22.2. The second-order valence-corrected chi connectivity index (χ2v) is 7.40. The smallest absolute Gasteiger partial charge is 0.231 e. The molecule has 2 heterocycles. The Kier molecular flexibility index (Phi) is 7.79. The zero-order chi connectivity index (χ0) is 20.1. The maximum atomic E-state index is 5.96. The Bertz CT molecular complexity index is 988. The Morgan fingerprint density at radius 2 is 1.87 bits per heavy atom. The van der Waals surface area contributed by atoms with Crippen molar-refractivity contribution in [3.05, 3.63) is 76.0 Å². The Morgan fingerprint density at radius 1 is 1.03 bits per heavy atom. The van der Waals surface area contributed by atoms with Crippen LogP contribution in [0.1, 0.15) is 16.7 Å². The van der Waals surface area contributed by atoms with Gasteiger partial charge in [0.05, 0.1) is 11.6 Å². The monoisotopic (exact) mass is 492 g/mol. The lowest BCUT2D eigenvalue weighted by molar-refractivity contribution is 0.174. The molecule has 8 heteroatoms. The minimum absolute atomic E-state index is 0. The third-order valence-electron chi connectivity index (χ3n) is 4.49. The van der Waals surface area contributed by atoms with E-state index in [1.807, 2.05) is 42.5 Å². The van der Waals surface area contributed by atoms with Gasteiger partial charge in [0, 0.05) is 31.0 Å². The number of aromatic nitrogens is 1. The molecule has 0 bridgehead atoms. The highest BCUT2D eigenvalue weighted by Gasteiger charge is 2.14. The molecule has 6 nitrogen and oxygen atoms in total. The van der Waals surface area contributed by atoms with E-state index in [0.29, 0.717) is 24.7 Å². The molecule has 1 aromatic heterocycles. The highest BCUT2D eigenvalue weighted by atomic mass is 79.9. The zero-order valence-corrected chi connectivity index (χ0v) is 18.8. The van der Waals surface area contributed by atoms with Gasteiger partial charge < -0.3 is 24.3 Å². The normalized spacial score (nSPS) is 11.7. The van der Waals surface area contributed by atoms with Crippen LogP contribution in [0.3, 0.4) is 0 Å². The van der Waals surface area contributed by atoms with Crippen molar-refractivity contribution < 1.29 is 18.9 Å². The third-order valence-corrected chi connectivity index (χ3v) is 5.08. The number of nitrogens with zero attached hydrogens (tertiary/aromatic N) is 1. The maximum Gasteiger partial charge on any atom is 0.231 e. The van der Waals surface area contributed by atoms with Gasteiger partial charge in [-0.15, -0.1) is 12.4 Å². The molecule has 2 aromatic carbocycles. The molecule has 1 N–H and O–H groups in total. The van der Waals surface area contributed by atoms with E-state index in [1.54, 1.807) is 19.5 Å². The summed E-state index contributed by atoms with van der Waals surface area (Å²) in [5.74, 6) is 2.95. The number of hydrogen-bond acceptors (Lipinski definition) is 6. The number of fused-ring (bicyclic) bond motifs is 1. The van der Waals surface area contributed by atoms with Crippen LogP contribution in [0, 0.1) is 0 Å². The van der Waals surface area contributed by atoms with Gasteiger partial charge in [-0.1, -0.05) is 12.1 Å². The highest BCUT2D eigenvalue weighted by Crippen LogP contribution is 2.37. The van der Waals surface area contributed by atoms with Crippen molar-refractivity contribution in [3.8, 4) is 23.0 Å². The van der Waals surface area contributed by atoms with E-state index in [2.05, 4.69) is 26.2 Å². The van der Waals surface area contributed by atoms with Crippen molar-refractivity contribution in [2.75, 3.05) is 13.9 Å². The summed E-state index contributed by atoms with van der Waals surface area (Å²) in [4.78, 5) is 4.11. The molecule has 0 saturated carbocycles. The average Bonchev–Trinajstić information content (AvgIpc) is 3.21. The summed E-state index contributed by atoms with van der Waals surface area (Å²) in [7, 11) is 1.64. The van der Waals surface area contributed by atoms with Crippen molar-refractivity contribution in [1.82, 2.24) is 10.3 Å². The standard InChI is InChI=1S/C22H21BrN2O4.ClH/c1-26-21-9-17(7-18(23)22(21)27-13-16-3-2-6-24-11-16)12-25-10-15-4-5-19-20(8-15)29-14-28-19;/h2-9,11,25H,10,12-14H2,1H3;1H. The second-order valence-electron chi connectivity index (χ2n) is 6.55. The van der Waals surface area contributed by atoms with Crippen molar-refractivity contribution in [3.63, 3.8) is 0 Å². The van der Waals surface area contributed by atoms with E-state index in [4.69, 9.17) is 18.9 Å². The van der Waals surface area contributed by atoms with Gasteiger partial charge in [0.2, 0.25) is 6.79 Å². The van der Waals surface area contributed by atoms with Crippen molar-refractivity contribution in [2.24, 2.45) is 0 Å². The van der Waals surface area contributed by atoms with E-state index in [9.17, 15) is 0 Å². The highest BCUT2D eigenvalue weighted by molar-refractivity contribution is 9.10. The lowest BCUT2D eigenvalue weighted by atomic mass is 10.1. The molecule has 3 aromatic rings. The fourth-order valence-corrected chi connectivity index (χ4v) is 3.66. The molecule has 0 radical (unpaired) electrons. The van der Waals surface area contributed by atoms with Crippen LogP contribution in [0.15, 0.2) is 59.3 Å². The molecule has 0 amide bonds. The molecule has 158 valence electrons. The summed E-state index contributed by atoms with van der Waals surface area (Å²) in [6.07, 6.45) is 3.53. The van der Waals surface area contributed by atoms with Gasteiger partial charge in [0.25, 0.3) is 0 Å². The van der Waals surface area contributed by atoms with Gasteiger partial charge in [-0.25, -0.2) is 0 Å². The first-order chi connectivity index (χ1) is 14.2. The molecule has 0 aliphatic carbocycles. The number of nitrogens with one attached hydrogen (secondary N) is 1. The fourth-order valence-electron chi connectivity index (χ4n) is 3.06. The van der Waals surface area contributed by atoms with Gasteiger partial charge in [-0.2, -0.15) is 0 Å². The van der Waals surface area contributed by atoms with Crippen LogP contribution in [-0.4, -0.2) is 18.9 Å². The molecule has 0 saturated heterocycles. The SMILES string of the molecule is COc1cc(CNCc2ccc3c(c2)OCO3)cc(Br)c1OCc1cccnc1.Cl. The quantitative estimate of drug-likeness (QED) is 0.483. The number of benzene rings is 2. The van der Waals surface area contributed by atoms with Gasteiger partial charge in [-0.3, -0.25) is 4.98 Å². The maximum absolute atomic E-state index is 5.96. The molecule has 0 atom stereocenters. The minimum atomic E-state index is 0. The van der Waals surface area contributed by atoms with Crippen LogP contribution in [0.4, 0.5) is 0 Å². The zero-order valence-electron chi connectivity index (χ0n) is 16.4. The summed E-state index contributed by atoms with van der Waals surface area (Å²) in [6.45, 7) is 2.11. The number of ether oxygens (including phenoxy) is 4. The number of pyridine rings is 1. The summed E-state index contributed by atoms with van der Waals surface area (Å²) in [5, 5.41) is 3.44. The summed E-state index contributed by atoms with van der Waals surface area (Å²) >= 11 is 3.60. The van der Waals surface area contributed by atoms with Gasteiger partial charge in [-0.05, 0) is 57.4 Å². The molecule has 30 heavy (non-hydrogen) atoms. The predicted octanol–water partition coefficient (Wildman–Crippen LogP) is 4.87. The van der Waals surface area contributed by atoms with E-state index in [0.717, 1.165) is 39.2 Å². The lowest BCUT2D eigenvalue weighted by Crippen LogP contribution is -2.13. The van der Waals surface area contributed by atoms with E-state index >= 15 is 0 Å². The van der Waals surface area contributed by atoms with Gasteiger partial charge >= 0.3 is 0 Å².